The number of rotatable bonds is 23. The van der Waals surface area contributed by atoms with Crippen LogP contribution in [0.2, 0.25) is 0 Å². The molecule has 0 aromatic rings. The van der Waals surface area contributed by atoms with Crippen LogP contribution in [0.15, 0.2) is 55.7 Å². The standard InChI is InChI=1S/C24H39N3O8/c1-5-10-30-19-20-21(31-11-6-2)22(32-12-7-3)23(33-13-8-4)24(35-20)34-18-17-29-16-15-28-14-9-26-27-25/h5-8,20-24H,1-4,9-19H2/t20-,21-,22+,23-,24?/m1/s1. The fraction of sp³-hybridized carbons (Fsp3) is 0.667. The van der Waals surface area contributed by atoms with Gasteiger partial charge < -0.3 is 37.9 Å². The number of azide groups is 1. The maximum Gasteiger partial charge on any atom is 0.187 e. The van der Waals surface area contributed by atoms with E-state index in [0.717, 1.165) is 0 Å². The quantitative estimate of drug-likeness (QED) is 0.0694. The zero-order chi connectivity index (χ0) is 25.6. The summed E-state index contributed by atoms with van der Waals surface area (Å²) >= 11 is 0. The van der Waals surface area contributed by atoms with Gasteiger partial charge in [-0.05, 0) is 5.53 Å². The molecule has 0 aromatic carbocycles. The normalized spacial score (nSPS) is 23.8. The predicted octanol–water partition coefficient (Wildman–Crippen LogP) is 2.99. The number of ether oxygens (including phenoxy) is 8. The molecule has 1 heterocycles. The first-order chi connectivity index (χ1) is 17.2. The van der Waals surface area contributed by atoms with Gasteiger partial charge in [0.2, 0.25) is 0 Å². The zero-order valence-corrected chi connectivity index (χ0v) is 20.4. The Balaban J connectivity index is 2.76. The van der Waals surface area contributed by atoms with Crippen molar-refractivity contribution in [2.75, 3.05) is 72.6 Å². The van der Waals surface area contributed by atoms with E-state index in [9.17, 15) is 0 Å². The topological polar surface area (TPSA) is 123 Å². The van der Waals surface area contributed by atoms with Crippen molar-refractivity contribution in [3.05, 3.63) is 61.1 Å². The van der Waals surface area contributed by atoms with Crippen molar-refractivity contribution in [1.29, 1.82) is 0 Å². The van der Waals surface area contributed by atoms with Crippen molar-refractivity contribution in [3.8, 4) is 0 Å². The zero-order valence-electron chi connectivity index (χ0n) is 20.4. The summed E-state index contributed by atoms with van der Waals surface area (Å²) in [4.78, 5) is 2.66. The van der Waals surface area contributed by atoms with Crippen molar-refractivity contribution in [2.45, 2.75) is 30.7 Å². The maximum atomic E-state index is 8.23. The first kappa shape index (κ1) is 31.0. The molecule has 1 rings (SSSR count). The molecule has 0 aliphatic carbocycles. The minimum Gasteiger partial charge on any atom is -0.379 e. The van der Waals surface area contributed by atoms with Crippen LogP contribution in [-0.4, -0.2) is 103 Å². The smallest absolute Gasteiger partial charge is 0.187 e. The average Bonchev–Trinajstić information content (AvgIpc) is 2.87. The summed E-state index contributed by atoms with van der Waals surface area (Å²) in [6, 6.07) is 0. The fourth-order valence-electron chi connectivity index (χ4n) is 3.21. The second-order valence-corrected chi connectivity index (χ2v) is 7.18. The Morgan fingerprint density at radius 2 is 1.26 bits per heavy atom. The van der Waals surface area contributed by atoms with Crippen LogP contribution in [0.1, 0.15) is 0 Å². The van der Waals surface area contributed by atoms with Crippen LogP contribution in [0.25, 0.3) is 10.4 Å². The summed E-state index contributed by atoms with van der Waals surface area (Å²) < 4.78 is 46.8. The van der Waals surface area contributed by atoms with Gasteiger partial charge in [-0.2, -0.15) is 0 Å². The van der Waals surface area contributed by atoms with Crippen molar-refractivity contribution < 1.29 is 37.9 Å². The third kappa shape index (κ3) is 13.0. The van der Waals surface area contributed by atoms with Crippen LogP contribution in [0.4, 0.5) is 0 Å². The summed E-state index contributed by atoms with van der Waals surface area (Å²) in [7, 11) is 0. The van der Waals surface area contributed by atoms with E-state index in [4.69, 9.17) is 43.4 Å². The molecule has 0 saturated carbocycles. The molecule has 0 aromatic heterocycles. The first-order valence-electron chi connectivity index (χ1n) is 11.5. The molecular formula is C24H39N3O8. The summed E-state index contributed by atoms with van der Waals surface area (Å²) in [5.41, 5.74) is 8.23. The lowest BCUT2D eigenvalue weighted by Crippen LogP contribution is -2.62. The van der Waals surface area contributed by atoms with Crippen LogP contribution in [0.5, 0.6) is 0 Å². The highest BCUT2D eigenvalue weighted by Gasteiger charge is 2.48. The molecule has 1 unspecified atom stereocenters. The summed E-state index contributed by atoms with van der Waals surface area (Å²) in [6.07, 6.45) is 3.78. The van der Waals surface area contributed by atoms with Gasteiger partial charge in [0, 0.05) is 11.5 Å². The van der Waals surface area contributed by atoms with Crippen LogP contribution in [0, 0.1) is 0 Å². The Bertz CT molecular complexity index is 644. The van der Waals surface area contributed by atoms with E-state index in [1.165, 1.54) is 0 Å². The molecule has 0 bridgehead atoms. The monoisotopic (exact) mass is 497 g/mol. The third-order valence-corrected chi connectivity index (χ3v) is 4.61. The van der Waals surface area contributed by atoms with Crippen LogP contribution < -0.4 is 0 Å². The van der Waals surface area contributed by atoms with Gasteiger partial charge in [-0.1, -0.05) is 29.4 Å². The van der Waals surface area contributed by atoms with E-state index >= 15 is 0 Å². The average molecular weight is 498 g/mol. The van der Waals surface area contributed by atoms with E-state index in [1.807, 2.05) is 0 Å². The summed E-state index contributed by atoms with van der Waals surface area (Å²) in [5, 5.41) is 3.39. The number of nitrogens with zero attached hydrogens (tertiary/aromatic N) is 3. The van der Waals surface area contributed by atoms with Crippen LogP contribution >= 0.6 is 0 Å². The molecule has 1 fully saturated rings. The molecule has 1 aliphatic rings. The van der Waals surface area contributed by atoms with Gasteiger partial charge >= 0.3 is 0 Å². The highest BCUT2D eigenvalue weighted by atomic mass is 16.7. The highest BCUT2D eigenvalue weighted by Crippen LogP contribution is 2.29. The van der Waals surface area contributed by atoms with Crippen molar-refractivity contribution in [2.24, 2.45) is 5.11 Å². The molecule has 11 nitrogen and oxygen atoms in total. The molecule has 0 amide bonds. The Kier molecular flexibility index (Phi) is 18.8. The molecule has 0 radical (unpaired) electrons. The Morgan fingerprint density at radius 3 is 1.89 bits per heavy atom. The molecule has 1 saturated heterocycles. The first-order valence-corrected chi connectivity index (χ1v) is 11.5. The SMILES string of the molecule is C=CCOC[C@H]1OC(OCCOCCOCCN=[N+]=[N-])[C@H](OCC=C)[C@@H](OCC=C)[C@@H]1OCC=C. The fourth-order valence-corrected chi connectivity index (χ4v) is 3.21. The van der Waals surface area contributed by atoms with Crippen molar-refractivity contribution >= 4 is 0 Å². The summed E-state index contributed by atoms with van der Waals surface area (Å²) in [6.45, 7) is 18.3. The predicted molar refractivity (Wildman–Crippen MR) is 131 cm³/mol. The summed E-state index contributed by atoms with van der Waals surface area (Å²) in [5.74, 6) is 0. The minimum atomic E-state index is -0.755. The molecular weight excluding hydrogens is 458 g/mol. The van der Waals surface area contributed by atoms with Gasteiger partial charge in [0.1, 0.15) is 24.4 Å². The van der Waals surface area contributed by atoms with E-state index in [0.29, 0.717) is 46.2 Å². The molecule has 1 aliphatic heterocycles. The number of hydrogen-bond donors (Lipinski definition) is 0. The highest BCUT2D eigenvalue weighted by molar-refractivity contribution is 4.94. The van der Waals surface area contributed by atoms with E-state index in [-0.39, 0.29) is 26.4 Å². The Morgan fingerprint density at radius 1 is 0.686 bits per heavy atom. The third-order valence-electron chi connectivity index (χ3n) is 4.61. The van der Waals surface area contributed by atoms with Crippen molar-refractivity contribution in [1.82, 2.24) is 0 Å². The second kappa shape index (κ2) is 21.3. The minimum absolute atomic E-state index is 0.250. The molecule has 11 heteroatoms. The van der Waals surface area contributed by atoms with E-state index < -0.39 is 30.7 Å². The van der Waals surface area contributed by atoms with Gasteiger partial charge in [0.15, 0.2) is 6.29 Å². The molecule has 35 heavy (non-hydrogen) atoms. The van der Waals surface area contributed by atoms with Gasteiger partial charge in [-0.15, -0.1) is 26.3 Å². The molecule has 5 atom stereocenters. The largest absolute Gasteiger partial charge is 0.379 e. The lowest BCUT2D eigenvalue weighted by atomic mass is 9.98. The van der Waals surface area contributed by atoms with Gasteiger partial charge in [-0.3, -0.25) is 0 Å². The maximum absolute atomic E-state index is 8.23. The van der Waals surface area contributed by atoms with Crippen molar-refractivity contribution in [3.63, 3.8) is 0 Å². The Hall–Kier alpha value is -2.05. The van der Waals surface area contributed by atoms with Gasteiger partial charge in [0.05, 0.1) is 66.1 Å². The molecule has 0 spiro atoms. The molecule has 0 N–H and O–H groups in total. The lowest BCUT2D eigenvalue weighted by Gasteiger charge is -2.45. The van der Waals surface area contributed by atoms with Gasteiger partial charge in [-0.25, -0.2) is 0 Å². The van der Waals surface area contributed by atoms with Crippen LogP contribution in [0.3, 0.4) is 0 Å². The number of hydrogen-bond acceptors (Lipinski definition) is 9. The van der Waals surface area contributed by atoms with E-state index in [1.54, 1.807) is 24.3 Å². The Labute approximate surface area is 207 Å². The van der Waals surface area contributed by atoms with E-state index in [2.05, 4.69) is 36.3 Å². The lowest BCUT2D eigenvalue weighted by molar-refractivity contribution is -0.320. The second-order valence-electron chi connectivity index (χ2n) is 7.18. The van der Waals surface area contributed by atoms with Gasteiger partial charge in [0.25, 0.3) is 0 Å². The van der Waals surface area contributed by atoms with Crippen LogP contribution in [-0.2, 0) is 37.9 Å². The molecule has 198 valence electrons.